The van der Waals surface area contributed by atoms with Gasteiger partial charge in [-0.15, -0.1) is 0 Å². The van der Waals surface area contributed by atoms with Gasteiger partial charge in [0, 0.05) is 6.42 Å². The van der Waals surface area contributed by atoms with Gasteiger partial charge in [0.1, 0.15) is 0 Å². The van der Waals surface area contributed by atoms with E-state index in [0.717, 1.165) is 6.07 Å². The second-order valence-electron chi connectivity index (χ2n) is 3.68. The molecule has 1 aromatic rings. The molecule has 0 fully saturated rings. The Hall–Kier alpha value is -2.31. The fourth-order valence-corrected chi connectivity index (χ4v) is 1.40. The first-order valence-corrected chi connectivity index (χ1v) is 5.11. The largest absolute Gasteiger partial charge is 0.478 e. The summed E-state index contributed by atoms with van der Waals surface area (Å²) in [6, 6.07) is 2.80. The predicted octanol–water partition coefficient (Wildman–Crippen LogP) is 2.29. The van der Waals surface area contributed by atoms with Crippen LogP contribution in [0.2, 0.25) is 0 Å². The molecule has 0 saturated carbocycles. The lowest BCUT2D eigenvalue weighted by Gasteiger charge is -2.10. The third-order valence-corrected chi connectivity index (χ3v) is 2.21. The van der Waals surface area contributed by atoms with E-state index in [1.54, 1.807) is 0 Å². The predicted molar refractivity (Wildman–Crippen MR) is 61.2 cm³/mol. The second-order valence-corrected chi connectivity index (χ2v) is 3.68. The number of hydrogen-bond acceptors (Lipinski definition) is 2. The van der Waals surface area contributed by atoms with Crippen LogP contribution in [0.3, 0.4) is 0 Å². The van der Waals surface area contributed by atoms with Crippen molar-refractivity contribution in [3.05, 3.63) is 41.0 Å². The highest BCUT2D eigenvalue weighted by Crippen LogP contribution is 2.33. The molecule has 0 heterocycles. The Morgan fingerprint density at radius 1 is 1.32 bits per heavy atom. The van der Waals surface area contributed by atoms with Gasteiger partial charge in [-0.3, -0.25) is 4.79 Å². The van der Waals surface area contributed by atoms with E-state index >= 15 is 0 Å². The van der Waals surface area contributed by atoms with Gasteiger partial charge in [-0.25, -0.2) is 4.79 Å². The van der Waals surface area contributed by atoms with Gasteiger partial charge in [0.15, 0.2) is 0 Å². The van der Waals surface area contributed by atoms with Crippen molar-refractivity contribution >= 4 is 18.0 Å². The molecule has 4 nitrogen and oxygen atoms in total. The summed E-state index contributed by atoms with van der Waals surface area (Å²) in [6.07, 6.45) is -2.30. The number of halogens is 3. The highest BCUT2D eigenvalue weighted by molar-refractivity contribution is 5.90. The van der Waals surface area contributed by atoms with Crippen molar-refractivity contribution in [2.75, 3.05) is 0 Å². The van der Waals surface area contributed by atoms with E-state index < -0.39 is 29.2 Å². The SMILES string of the molecule is NC(=O)CC=Cc1ccc(C(=O)O)c(C(F)(F)F)c1. The Balaban J connectivity index is 3.16. The Kier molecular flexibility index (Phi) is 4.31. The van der Waals surface area contributed by atoms with Crippen molar-refractivity contribution in [3.8, 4) is 0 Å². The van der Waals surface area contributed by atoms with Gasteiger partial charge in [0.05, 0.1) is 11.1 Å². The highest BCUT2D eigenvalue weighted by atomic mass is 19.4. The monoisotopic (exact) mass is 273 g/mol. The van der Waals surface area contributed by atoms with Gasteiger partial charge in [-0.05, 0) is 17.7 Å². The molecule has 0 bridgehead atoms. The molecule has 0 saturated heterocycles. The van der Waals surface area contributed by atoms with Crippen LogP contribution in [0.25, 0.3) is 6.08 Å². The normalized spacial score (nSPS) is 11.7. The minimum Gasteiger partial charge on any atom is -0.478 e. The fraction of sp³-hybridized carbons (Fsp3) is 0.167. The minimum atomic E-state index is -4.76. The molecule has 3 N–H and O–H groups in total. The number of carboxylic acids is 1. The Morgan fingerprint density at radius 2 is 1.95 bits per heavy atom. The van der Waals surface area contributed by atoms with Crippen molar-refractivity contribution in [1.29, 1.82) is 0 Å². The molecule has 1 amide bonds. The molecule has 7 heteroatoms. The first kappa shape index (κ1) is 14.7. The van der Waals surface area contributed by atoms with Gasteiger partial charge in [0.25, 0.3) is 0 Å². The lowest BCUT2D eigenvalue weighted by atomic mass is 10.0. The molecule has 0 unspecified atom stereocenters. The molecular formula is C12H10F3NO3. The molecule has 0 radical (unpaired) electrons. The Morgan fingerprint density at radius 3 is 2.42 bits per heavy atom. The van der Waals surface area contributed by atoms with Crippen molar-refractivity contribution in [3.63, 3.8) is 0 Å². The molecule has 0 aromatic heterocycles. The van der Waals surface area contributed by atoms with Gasteiger partial charge < -0.3 is 10.8 Å². The maximum atomic E-state index is 12.7. The number of carboxylic acid groups (broad SMARTS) is 1. The molecule has 1 aromatic carbocycles. The van der Waals surface area contributed by atoms with Gasteiger partial charge in [-0.1, -0.05) is 18.2 Å². The van der Waals surface area contributed by atoms with Crippen LogP contribution in [0.1, 0.15) is 27.9 Å². The average Bonchev–Trinajstić information content (AvgIpc) is 2.27. The third kappa shape index (κ3) is 4.13. The number of hydrogen-bond donors (Lipinski definition) is 2. The van der Waals surface area contributed by atoms with Crippen LogP contribution >= 0.6 is 0 Å². The fourth-order valence-electron chi connectivity index (χ4n) is 1.40. The zero-order chi connectivity index (χ0) is 14.6. The Labute approximate surface area is 106 Å². The summed E-state index contributed by atoms with van der Waals surface area (Å²) in [5.74, 6) is -2.27. The standard InChI is InChI=1S/C12H10F3NO3/c13-12(14,15)9-6-7(2-1-3-10(16)17)4-5-8(9)11(18)19/h1-2,4-6H,3H2,(H2,16,17)(H,18,19). The van der Waals surface area contributed by atoms with Crippen LogP contribution < -0.4 is 5.73 Å². The number of alkyl halides is 3. The first-order chi connectivity index (χ1) is 8.71. The lowest BCUT2D eigenvalue weighted by Crippen LogP contribution is -2.13. The maximum absolute atomic E-state index is 12.7. The van der Waals surface area contributed by atoms with Crippen molar-refractivity contribution < 1.29 is 27.9 Å². The molecule has 102 valence electrons. The molecule has 1 rings (SSSR count). The Bertz CT molecular complexity index is 536. The third-order valence-electron chi connectivity index (χ3n) is 2.21. The molecule has 0 spiro atoms. The number of rotatable bonds is 4. The topological polar surface area (TPSA) is 80.4 Å². The molecule has 0 aliphatic heterocycles. The van der Waals surface area contributed by atoms with Crippen molar-refractivity contribution in [2.45, 2.75) is 12.6 Å². The van der Waals surface area contributed by atoms with Crippen LogP contribution in [0.5, 0.6) is 0 Å². The van der Waals surface area contributed by atoms with Gasteiger partial charge in [0.2, 0.25) is 5.91 Å². The second kappa shape index (κ2) is 5.55. The summed E-state index contributed by atoms with van der Waals surface area (Å²) in [7, 11) is 0. The number of amides is 1. The molecular weight excluding hydrogens is 263 g/mol. The summed E-state index contributed by atoms with van der Waals surface area (Å²) < 4.78 is 38.0. The van der Waals surface area contributed by atoms with Gasteiger partial charge in [-0.2, -0.15) is 13.2 Å². The molecule has 0 aliphatic rings. The number of carbonyl (C=O) groups is 2. The first-order valence-electron chi connectivity index (χ1n) is 5.11. The molecule has 0 atom stereocenters. The summed E-state index contributed by atoms with van der Waals surface area (Å²) in [6.45, 7) is 0. The van der Waals surface area contributed by atoms with E-state index in [1.165, 1.54) is 18.2 Å². The van der Waals surface area contributed by atoms with Crippen molar-refractivity contribution in [2.24, 2.45) is 5.73 Å². The van der Waals surface area contributed by atoms with Crippen LogP contribution in [0, 0.1) is 0 Å². The molecule has 0 aliphatic carbocycles. The van der Waals surface area contributed by atoms with Crippen LogP contribution in [-0.2, 0) is 11.0 Å². The number of nitrogens with two attached hydrogens (primary N) is 1. The van der Waals surface area contributed by atoms with Crippen LogP contribution in [0.4, 0.5) is 13.2 Å². The smallest absolute Gasteiger partial charge is 0.417 e. The van der Waals surface area contributed by atoms with E-state index in [9.17, 15) is 22.8 Å². The maximum Gasteiger partial charge on any atom is 0.417 e. The highest BCUT2D eigenvalue weighted by Gasteiger charge is 2.35. The number of aromatic carboxylic acids is 1. The van der Waals surface area contributed by atoms with E-state index in [1.807, 2.05) is 0 Å². The summed E-state index contributed by atoms with van der Waals surface area (Å²) in [5.41, 5.74) is 2.95. The zero-order valence-electron chi connectivity index (χ0n) is 9.57. The summed E-state index contributed by atoms with van der Waals surface area (Å²) in [5, 5.41) is 8.69. The quantitative estimate of drug-likeness (QED) is 0.883. The van der Waals surface area contributed by atoms with Crippen LogP contribution in [-0.4, -0.2) is 17.0 Å². The van der Waals surface area contributed by atoms with Gasteiger partial charge >= 0.3 is 12.1 Å². The van der Waals surface area contributed by atoms with E-state index in [4.69, 9.17) is 10.8 Å². The summed E-state index contributed by atoms with van der Waals surface area (Å²) in [4.78, 5) is 21.2. The summed E-state index contributed by atoms with van der Waals surface area (Å²) >= 11 is 0. The van der Waals surface area contributed by atoms with E-state index in [-0.39, 0.29) is 12.0 Å². The molecule has 19 heavy (non-hydrogen) atoms. The van der Waals surface area contributed by atoms with E-state index in [0.29, 0.717) is 6.07 Å². The number of carbonyl (C=O) groups excluding carboxylic acids is 1. The average molecular weight is 273 g/mol. The number of primary amides is 1. The lowest BCUT2D eigenvalue weighted by molar-refractivity contribution is -0.138. The van der Waals surface area contributed by atoms with E-state index in [2.05, 4.69) is 0 Å². The zero-order valence-corrected chi connectivity index (χ0v) is 9.57. The number of benzene rings is 1. The van der Waals surface area contributed by atoms with Crippen LogP contribution in [0.15, 0.2) is 24.3 Å². The minimum absolute atomic E-state index is 0.109. The van der Waals surface area contributed by atoms with Crippen molar-refractivity contribution in [1.82, 2.24) is 0 Å².